The maximum Gasteiger partial charge on any atom is 0.161 e. The predicted molar refractivity (Wildman–Crippen MR) is 91.4 cm³/mol. The third-order valence-electron chi connectivity index (χ3n) is 4.87. The van der Waals surface area contributed by atoms with Crippen molar-refractivity contribution in [1.29, 1.82) is 0 Å². The van der Waals surface area contributed by atoms with Crippen LogP contribution in [-0.4, -0.2) is 37.7 Å². The molecule has 2 aromatic carbocycles. The normalized spacial score (nSPS) is 20.6. The maximum absolute atomic E-state index is 5.67. The number of nitrogens with zero attached hydrogens (tertiary/aromatic N) is 1. The van der Waals surface area contributed by atoms with Crippen LogP contribution in [0.2, 0.25) is 0 Å². The molecule has 0 bridgehead atoms. The van der Waals surface area contributed by atoms with Crippen molar-refractivity contribution < 1.29 is 9.47 Å². The van der Waals surface area contributed by atoms with Gasteiger partial charge in [0.1, 0.15) is 13.2 Å². The highest BCUT2D eigenvalue weighted by molar-refractivity contribution is 5.43. The van der Waals surface area contributed by atoms with E-state index in [1.54, 1.807) is 0 Å². The fraction of sp³-hybridized carbons (Fsp3) is 0.400. The molecule has 0 saturated carbocycles. The molecule has 4 rings (SSSR count). The second kappa shape index (κ2) is 6.63. The van der Waals surface area contributed by atoms with Gasteiger partial charge in [-0.3, -0.25) is 0 Å². The van der Waals surface area contributed by atoms with Crippen LogP contribution in [0.5, 0.6) is 11.5 Å². The minimum Gasteiger partial charge on any atom is -0.486 e. The fourth-order valence-electron chi connectivity index (χ4n) is 3.56. The summed E-state index contributed by atoms with van der Waals surface area (Å²) in [6, 6.07) is 17.3. The minimum absolute atomic E-state index is 0.654. The molecule has 2 heterocycles. The highest BCUT2D eigenvalue weighted by Gasteiger charge is 2.23. The van der Waals surface area contributed by atoms with Crippen molar-refractivity contribution in [3.8, 4) is 11.5 Å². The van der Waals surface area contributed by atoms with E-state index in [2.05, 4.69) is 47.4 Å². The summed E-state index contributed by atoms with van der Waals surface area (Å²) in [5.41, 5.74) is 2.81. The summed E-state index contributed by atoms with van der Waals surface area (Å²) < 4.78 is 11.3. The molecule has 1 unspecified atom stereocenters. The lowest BCUT2D eigenvalue weighted by molar-refractivity contribution is 0.171. The summed E-state index contributed by atoms with van der Waals surface area (Å²) in [6.07, 6.45) is 2.34. The molecule has 1 atom stereocenters. The Balaban J connectivity index is 1.33. The molecule has 0 aromatic heterocycles. The van der Waals surface area contributed by atoms with Gasteiger partial charge in [-0.05, 0) is 48.6 Å². The van der Waals surface area contributed by atoms with Crippen LogP contribution < -0.4 is 9.47 Å². The second-order valence-corrected chi connectivity index (χ2v) is 6.42. The first-order chi connectivity index (χ1) is 11.4. The van der Waals surface area contributed by atoms with Crippen LogP contribution >= 0.6 is 0 Å². The standard InChI is InChI=1S/C20H23NO2/c1-2-4-17(5-3-1)18-9-11-21(15-18)10-8-16-6-7-19-20(14-16)23-13-12-22-19/h1-7,14,18H,8-13,15H2. The molecular weight excluding hydrogens is 286 g/mol. The van der Waals surface area contributed by atoms with Crippen LogP contribution in [0.25, 0.3) is 0 Å². The first-order valence-electron chi connectivity index (χ1n) is 8.54. The van der Waals surface area contributed by atoms with E-state index in [4.69, 9.17) is 9.47 Å². The van der Waals surface area contributed by atoms with Crippen molar-refractivity contribution in [2.45, 2.75) is 18.8 Å². The van der Waals surface area contributed by atoms with E-state index < -0.39 is 0 Å². The topological polar surface area (TPSA) is 21.7 Å². The van der Waals surface area contributed by atoms with Crippen LogP contribution in [0.15, 0.2) is 48.5 Å². The molecule has 2 aliphatic heterocycles. The monoisotopic (exact) mass is 309 g/mol. The van der Waals surface area contributed by atoms with Crippen LogP contribution in [0.1, 0.15) is 23.5 Å². The third kappa shape index (κ3) is 3.35. The quantitative estimate of drug-likeness (QED) is 0.863. The number of benzene rings is 2. The summed E-state index contributed by atoms with van der Waals surface area (Å²) in [5, 5.41) is 0. The molecule has 0 aliphatic carbocycles. The van der Waals surface area contributed by atoms with Gasteiger partial charge in [0.15, 0.2) is 11.5 Å². The van der Waals surface area contributed by atoms with Gasteiger partial charge < -0.3 is 14.4 Å². The molecular formula is C20H23NO2. The average Bonchev–Trinajstić information content (AvgIpc) is 3.10. The first-order valence-corrected chi connectivity index (χ1v) is 8.54. The predicted octanol–water partition coefficient (Wildman–Crippen LogP) is 3.49. The summed E-state index contributed by atoms with van der Waals surface area (Å²) >= 11 is 0. The zero-order valence-electron chi connectivity index (χ0n) is 13.4. The molecule has 1 fully saturated rings. The molecule has 0 N–H and O–H groups in total. The molecule has 0 radical (unpaired) electrons. The van der Waals surface area contributed by atoms with E-state index in [0.717, 1.165) is 24.5 Å². The van der Waals surface area contributed by atoms with Gasteiger partial charge in [-0.2, -0.15) is 0 Å². The van der Waals surface area contributed by atoms with E-state index in [-0.39, 0.29) is 0 Å². The lowest BCUT2D eigenvalue weighted by Gasteiger charge is -2.20. The Morgan fingerprint density at radius 1 is 0.957 bits per heavy atom. The highest BCUT2D eigenvalue weighted by atomic mass is 16.6. The van der Waals surface area contributed by atoms with Crippen LogP contribution in [0.4, 0.5) is 0 Å². The first kappa shape index (κ1) is 14.6. The van der Waals surface area contributed by atoms with Crippen molar-refractivity contribution in [2.75, 3.05) is 32.8 Å². The Kier molecular flexibility index (Phi) is 4.20. The Labute approximate surface area is 137 Å². The largest absolute Gasteiger partial charge is 0.486 e. The number of ether oxygens (including phenoxy) is 2. The van der Waals surface area contributed by atoms with Gasteiger partial charge >= 0.3 is 0 Å². The molecule has 0 spiro atoms. The van der Waals surface area contributed by atoms with E-state index in [9.17, 15) is 0 Å². The second-order valence-electron chi connectivity index (χ2n) is 6.42. The zero-order chi connectivity index (χ0) is 15.5. The lowest BCUT2D eigenvalue weighted by Crippen LogP contribution is -2.23. The smallest absolute Gasteiger partial charge is 0.161 e. The maximum atomic E-state index is 5.67. The number of rotatable bonds is 4. The van der Waals surface area contributed by atoms with Gasteiger partial charge in [-0.1, -0.05) is 36.4 Å². The minimum atomic E-state index is 0.654. The number of fused-ring (bicyclic) bond motifs is 1. The van der Waals surface area contributed by atoms with E-state index in [1.165, 1.54) is 30.6 Å². The Bertz CT molecular complexity index is 656. The highest BCUT2D eigenvalue weighted by Crippen LogP contribution is 2.31. The molecule has 3 nitrogen and oxygen atoms in total. The van der Waals surface area contributed by atoms with Crippen molar-refractivity contribution in [3.63, 3.8) is 0 Å². The summed E-state index contributed by atoms with van der Waals surface area (Å²) in [4.78, 5) is 2.58. The van der Waals surface area contributed by atoms with Gasteiger partial charge in [-0.15, -0.1) is 0 Å². The number of hydrogen-bond acceptors (Lipinski definition) is 3. The van der Waals surface area contributed by atoms with Crippen molar-refractivity contribution in [2.24, 2.45) is 0 Å². The molecule has 23 heavy (non-hydrogen) atoms. The van der Waals surface area contributed by atoms with Crippen molar-refractivity contribution >= 4 is 0 Å². The molecule has 2 aromatic rings. The SMILES string of the molecule is c1ccc(C2CCN(CCc3ccc4c(c3)OCCO4)C2)cc1. The van der Waals surface area contributed by atoms with Crippen molar-refractivity contribution in [1.82, 2.24) is 4.90 Å². The Hall–Kier alpha value is -2.00. The molecule has 120 valence electrons. The Morgan fingerprint density at radius 3 is 2.65 bits per heavy atom. The lowest BCUT2D eigenvalue weighted by atomic mass is 9.99. The van der Waals surface area contributed by atoms with E-state index in [0.29, 0.717) is 19.1 Å². The van der Waals surface area contributed by atoms with Gasteiger partial charge in [0.2, 0.25) is 0 Å². The van der Waals surface area contributed by atoms with E-state index in [1.807, 2.05) is 6.07 Å². The number of likely N-dealkylation sites (tertiary alicyclic amines) is 1. The molecule has 3 heteroatoms. The van der Waals surface area contributed by atoms with Crippen LogP contribution in [-0.2, 0) is 6.42 Å². The summed E-state index contributed by atoms with van der Waals surface area (Å²) in [6.45, 7) is 4.80. The zero-order valence-corrected chi connectivity index (χ0v) is 13.4. The van der Waals surface area contributed by atoms with Gasteiger partial charge in [0.25, 0.3) is 0 Å². The third-order valence-corrected chi connectivity index (χ3v) is 4.87. The van der Waals surface area contributed by atoms with Gasteiger partial charge in [0.05, 0.1) is 0 Å². The fourth-order valence-corrected chi connectivity index (χ4v) is 3.56. The number of hydrogen-bond donors (Lipinski definition) is 0. The summed E-state index contributed by atoms with van der Waals surface area (Å²) in [7, 11) is 0. The molecule has 1 saturated heterocycles. The van der Waals surface area contributed by atoms with Gasteiger partial charge in [-0.25, -0.2) is 0 Å². The van der Waals surface area contributed by atoms with E-state index >= 15 is 0 Å². The molecule has 2 aliphatic rings. The Morgan fingerprint density at radius 2 is 1.78 bits per heavy atom. The molecule has 0 amide bonds. The van der Waals surface area contributed by atoms with Crippen LogP contribution in [0, 0.1) is 0 Å². The van der Waals surface area contributed by atoms with Crippen LogP contribution in [0.3, 0.4) is 0 Å². The van der Waals surface area contributed by atoms with Gasteiger partial charge in [0, 0.05) is 13.1 Å². The average molecular weight is 309 g/mol. The van der Waals surface area contributed by atoms with Crippen molar-refractivity contribution in [3.05, 3.63) is 59.7 Å². The summed E-state index contributed by atoms with van der Waals surface area (Å²) in [5.74, 6) is 2.47.